The van der Waals surface area contributed by atoms with E-state index in [1.807, 2.05) is 66.7 Å². The van der Waals surface area contributed by atoms with E-state index in [1.165, 1.54) is 4.90 Å². The maximum absolute atomic E-state index is 13.2. The highest BCUT2D eigenvalue weighted by Crippen LogP contribution is 2.35. The highest BCUT2D eigenvalue weighted by molar-refractivity contribution is 9.10. The van der Waals surface area contributed by atoms with Crippen molar-refractivity contribution >= 4 is 39.5 Å². The zero-order chi connectivity index (χ0) is 21.6. The molecule has 4 rings (SSSR count). The van der Waals surface area contributed by atoms with E-state index in [0.717, 1.165) is 22.0 Å². The van der Waals surface area contributed by atoms with E-state index in [-0.39, 0.29) is 24.1 Å². The van der Waals surface area contributed by atoms with Crippen molar-refractivity contribution in [3.05, 3.63) is 100 Å². The summed E-state index contributed by atoms with van der Waals surface area (Å²) < 4.78 is 6.72. The number of amides is 2. The minimum Gasteiger partial charge on any atom is -0.449 e. The van der Waals surface area contributed by atoms with Gasteiger partial charge >= 0.3 is 0 Å². The molecule has 2 amide bonds. The van der Waals surface area contributed by atoms with E-state index in [4.69, 9.17) is 4.74 Å². The highest BCUT2D eigenvalue weighted by atomic mass is 79.9. The summed E-state index contributed by atoms with van der Waals surface area (Å²) in [5.41, 5.74) is 2.54. The molecule has 1 aliphatic rings. The van der Waals surface area contributed by atoms with Gasteiger partial charge in [0.2, 0.25) is 5.91 Å². The van der Waals surface area contributed by atoms with E-state index in [1.54, 1.807) is 18.2 Å². The third-order valence-electron chi connectivity index (χ3n) is 4.90. The molecule has 0 spiro atoms. The van der Waals surface area contributed by atoms with Crippen LogP contribution in [0.4, 0.5) is 5.69 Å². The van der Waals surface area contributed by atoms with Crippen molar-refractivity contribution in [2.75, 3.05) is 18.0 Å². The molecule has 0 aliphatic carbocycles. The topological polar surface area (TPSA) is 58.6 Å². The van der Waals surface area contributed by atoms with Crippen molar-refractivity contribution in [1.82, 2.24) is 5.32 Å². The number of rotatable bonds is 6. The Hall–Kier alpha value is -3.38. The van der Waals surface area contributed by atoms with Crippen LogP contribution in [0.5, 0.6) is 5.75 Å². The molecule has 0 atom stereocenters. The predicted molar refractivity (Wildman–Crippen MR) is 125 cm³/mol. The van der Waals surface area contributed by atoms with Crippen LogP contribution in [-0.4, -0.2) is 24.9 Å². The Labute approximate surface area is 189 Å². The van der Waals surface area contributed by atoms with E-state index < -0.39 is 0 Å². The second-order valence-electron chi connectivity index (χ2n) is 7.08. The van der Waals surface area contributed by atoms with Crippen molar-refractivity contribution in [1.29, 1.82) is 0 Å². The third-order valence-corrected chi connectivity index (χ3v) is 5.63. The maximum Gasteiger partial charge on any atom is 0.294 e. The summed E-state index contributed by atoms with van der Waals surface area (Å²) >= 11 is 3.49. The van der Waals surface area contributed by atoms with Crippen LogP contribution in [0.25, 0.3) is 6.08 Å². The lowest BCUT2D eigenvalue weighted by atomic mass is 10.1. The fraction of sp³-hybridized carbons (Fsp3) is 0.120. The van der Waals surface area contributed by atoms with Crippen molar-refractivity contribution in [2.45, 2.75) is 6.42 Å². The molecule has 6 heteroatoms. The first-order valence-corrected chi connectivity index (χ1v) is 10.8. The minimum atomic E-state index is -0.354. The molecule has 1 heterocycles. The zero-order valence-electron chi connectivity index (χ0n) is 16.8. The Morgan fingerprint density at radius 1 is 0.968 bits per heavy atom. The second-order valence-corrected chi connectivity index (χ2v) is 7.93. The number of nitrogens with zero attached hydrogens (tertiary/aromatic N) is 1. The molecule has 5 nitrogen and oxygen atoms in total. The third kappa shape index (κ3) is 5.03. The Morgan fingerprint density at radius 3 is 2.48 bits per heavy atom. The highest BCUT2D eigenvalue weighted by Gasteiger charge is 2.31. The Kier molecular flexibility index (Phi) is 6.48. The molecule has 3 aromatic rings. The quantitative estimate of drug-likeness (QED) is 0.529. The number of para-hydroxylation sites is 2. The largest absolute Gasteiger partial charge is 0.449 e. The molecule has 0 saturated heterocycles. The van der Waals surface area contributed by atoms with Gasteiger partial charge in [-0.3, -0.25) is 14.5 Å². The number of halogens is 1. The molecule has 1 N–H and O–H groups in total. The van der Waals surface area contributed by atoms with Gasteiger partial charge < -0.3 is 10.1 Å². The number of fused-ring (bicyclic) bond motifs is 1. The smallest absolute Gasteiger partial charge is 0.294 e. The van der Waals surface area contributed by atoms with Crippen molar-refractivity contribution in [3.63, 3.8) is 0 Å². The summed E-state index contributed by atoms with van der Waals surface area (Å²) in [6.07, 6.45) is 2.41. The van der Waals surface area contributed by atoms with Crippen LogP contribution in [0.3, 0.4) is 0 Å². The van der Waals surface area contributed by atoms with Gasteiger partial charge in [0.05, 0.1) is 5.69 Å². The van der Waals surface area contributed by atoms with Gasteiger partial charge in [-0.05, 0) is 41.8 Å². The van der Waals surface area contributed by atoms with E-state index in [9.17, 15) is 9.59 Å². The molecule has 0 fully saturated rings. The van der Waals surface area contributed by atoms with E-state index in [0.29, 0.717) is 18.0 Å². The number of hydrogen-bond donors (Lipinski definition) is 1. The average Bonchev–Trinajstić information content (AvgIpc) is 2.79. The summed E-state index contributed by atoms with van der Waals surface area (Å²) in [4.78, 5) is 27.2. The SMILES string of the molecule is O=C(CN1C(=O)C(=Cc2ccccc2Br)Oc2ccccc21)NCCc1ccccc1. The number of hydrogen-bond acceptors (Lipinski definition) is 3. The molecule has 0 unspecified atom stereocenters. The Bertz CT molecular complexity index is 1130. The first kappa shape index (κ1) is 20.9. The number of carbonyl (C=O) groups excluding carboxylic acids is 2. The maximum atomic E-state index is 13.2. The Balaban J connectivity index is 1.51. The lowest BCUT2D eigenvalue weighted by molar-refractivity contribution is -0.123. The summed E-state index contributed by atoms with van der Waals surface area (Å²) in [6, 6.07) is 24.7. The summed E-state index contributed by atoms with van der Waals surface area (Å²) in [7, 11) is 0. The van der Waals surface area contributed by atoms with Gasteiger partial charge in [0, 0.05) is 11.0 Å². The predicted octanol–water partition coefficient (Wildman–Crippen LogP) is 4.57. The molecule has 3 aromatic carbocycles. The molecule has 0 aromatic heterocycles. The lowest BCUT2D eigenvalue weighted by Crippen LogP contribution is -2.44. The molecule has 0 bridgehead atoms. The zero-order valence-corrected chi connectivity index (χ0v) is 18.3. The lowest BCUT2D eigenvalue weighted by Gasteiger charge is -2.30. The molecule has 1 aliphatic heterocycles. The standard InChI is InChI=1S/C25H21BrN2O3/c26-20-11-5-4-10-19(20)16-23-25(30)28(21-12-6-7-13-22(21)31-23)17-24(29)27-15-14-18-8-2-1-3-9-18/h1-13,16H,14-15,17H2,(H,27,29). The number of anilines is 1. The number of carbonyl (C=O) groups is 2. The second kappa shape index (κ2) is 9.62. The number of nitrogens with one attached hydrogen (secondary N) is 1. The van der Waals surface area contributed by atoms with Gasteiger partial charge in [0.15, 0.2) is 11.5 Å². The first-order valence-electron chi connectivity index (χ1n) is 9.97. The van der Waals surface area contributed by atoms with Crippen LogP contribution < -0.4 is 15.0 Å². The van der Waals surface area contributed by atoms with Gasteiger partial charge in [-0.25, -0.2) is 0 Å². The molecular formula is C25H21BrN2O3. The van der Waals surface area contributed by atoms with Crippen LogP contribution >= 0.6 is 15.9 Å². The molecule has 31 heavy (non-hydrogen) atoms. The summed E-state index contributed by atoms with van der Waals surface area (Å²) in [5, 5.41) is 2.90. The van der Waals surface area contributed by atoms with E-state index in [2.05, 4.69) is 21.2 Å². The van der Waals surface area contributed by atoms with Crippen molar-refractivity contribution < 1.29 is 14.3 Å². The number of ether oxygens (including phenoxy) is 1. The Morgan fingerprint density at radius 2 is 1.68 bits per heavy atom. The van der Waals surface area contributed by atoms with E-state index >= 15 is 0 Å². The van der Waals surface area contributed by atoms with Gasteiger partial charge in [-0.1, -0.05) is 76.6 Å². The fourth-order valence-corrected chi connectivity index (χ4v) is 3.74. The van der Waals surface area contributed by atoms with Gasteiger partial charge in [-0.15, -0.1) is 0 Å². The first-order chi connectivity index (χ1) is 15.1. The average molecular weight is 477 g/mol. The van der Waals surface area contributed by atoms with Crippen molar-refractivity contribution in [2.24, 2.45) is 0 Å². The van der Waals surface area contributed by atoms with Crippen LogP contribution in [0, 0.1) is 0 Å². The number of benzene rings is 3. The fourth-order valence-electron chi connectivity index (χ4n) is 3.34. The van der Waals surface area contributed by atoms with Gasteiger partial charge in [0.25, 0.3) is 5.91 Å². The van der Waals surface area contributed by atoms with Crippen LogP contribution in [0.2, 0.25) is 0 Å². The van der Waals surface area contributed by atoms with Gasteiger partial charge in [-0.2, -0.15) is 0 Å². The molecule has 156 valence electrons. The monoisotopic (exact) mass is 476 g/mol. The minimum absolute atomic E-state index is 0.0820. The normalized spacial score (nSPS) is 14.2. The van der Waals surface area contributed by atoms with Crippen LogP contribution in [0.1, 0.15) is 11.1 Å². The van der Waals surface area contributed by atoms with Crippen molar-refractivity contribution in [3.8, 4) is 5.75 Å². The molecule has 0 radical (unpaired) electrons. The summed E-state index contributed by atoms with van der Waals surface area (Å²) in [5.74, 6) is 0.133. The molecular weight excluding hydrogens is 456 g/mol. The molecule has 0 saturated carbocycles. The summed E-state index contributed by atoms with van der Waals surface area (Å²) in [6.45, 7) is 0.421. The van der Waals surface area contributed by atoms with Gasteiger partial charge in [0.1, 0.15) is 6.54 Å². The van der Waals surface area contributed by atoms with Crippen LogP contribution in [0.15, 0.2) is 89.1 Å². The van der Waals surface area contributed by atoms with Crippen LogP contribution in [-0.2, 0) is 16.0 Å².